The van der Waals surface area contributed by atoms with Crippen molar-refractivity contribution >= 4 is 11.3 Å². The number of aryl methyl sites for hydroxylation is 1. The van der Waals surface area contributed by atoms with Crippen molar-refractivity contribution in [3.8, 4) is 0 Å². The number of hydrogen-bond acceptors (Lipinski definition) is 5. The molecule has 0 spiro atoms. The third-order valence-corrected chi connectivity index (χ3v) is 5.19. The largest absolute Gasteiger partial charge is 0.373 e. The molecule has 3 atom stereocenters. The molecule has 5 heteroatoms. The first-order chi connectivity index (χ1) is 9.79. The molecule has 1 saturated heterocycles. The van der Waals surface area contributed by atoms with E-state index in [1.54, 1.807) is 11.3 Å². The zero-order chi connectivity index (χ0) is 13.9. The maximum atomic E-state index is 5.98. The number of morpholine rings is 1. The van der Waals surface area contributed by atoms with Gasteiger partial charge in [0.15, 0.2) is 0 Å². The Labute approximate surface area is 124 Å². The van der Waals surface area contributed by atoms with Crippen molar-refractivity contribution in [2.24, 2.45) is 0 Å². The lowest BCUT2D eigenvalue weighted by Crippen LogP contribution is -2.51. The van der Waals surface area contributed by atoms with Crippen LogP contribution in [0.25, 0.3) is 0 Å². The Hall–Kier alpha value is -0.750. The normalized spacial score (nSPS) is 30.4. The molecule has 1 aliphatic heterocycles. The molecular weight excluding hydrogens is 272 g/mol. The van der Waals surface area contributed by atoms with Crippen LogP contribution in [0.3, 0.4) is 0 Å². The molecule has 1 aromatic heterocycles. The summed E-state index contributed by atoms with van der Waals surface area (Å²) < 4.78 is 11.8. The van der Waals surface area contributed by atoms with Gasteiger partial charge < -0.3 is 9.47 Å². The topological polar surface area (TPSA) is 34.6 Å². The lowest BCUT2D eigenvalue weighted by molar-refractivity contribution is -0.111. The second kappa shape index (κ2) is 6.35. The average molecular weight is 294 g/mol. The van der Waals surface area contributed by atoms with Crippen molar-refractivity contribution in [1.29, 1.82) is 0 Å². The van der Waals surface area contributed by atoms with Crippen LogP contribution in [0.5, 0.6) is 0 Å². The molecule has 20 heavy (non-hydrogen) atoms. The van der Waals surface area contributed by atoms with Crippen LogP contribution in [-0.4, -0.2) is 47.9 Å². The number of rotatable bonds is 5. The first kappa shape index (κ1) is 14.2. The first-order valence-corrected chi connectivity index (χ1v) is 8.14. The summed E-state index contributed by atoms with van der Waals surface area (Å²) in [6, 6.07) is 0.486. The fraction of sp³-hybridized carbons (Fsp3) is 0.667. The van der Waals surface area contributed by atoms with E-state index in [0.29, 0.717) is 12.6 Å². The van der Waals surface area contributed by atoms with E-state index >= 15 is 0 Å². The number of thiazole rings is 1. The van der Waals surface area contributed by atoms with Gasteiger partial charge in [-0.3, -0.25) is 4.90 Å². The highest BCUT2D eigenvalue weighted by atomic mass is 32.1. The van der Waals surface area contributed by atoms with E-state index in [0.717, 1.165) is 38.2 Å². The predicted octanol–water partition coefficient (Wildman–Crippen LogP) is 2.39. The van der Waals surface area contributed by atoms with Gasteiger partial charge in [0.05, 0.1) is 36.6 Å². The van der Waals surface area contributed by atoms with E-state index in [-0.39, 0.29) is 12.2 Å². The summed E-state index contributed by atoms with van der Waals surface area (Å²) in [5.74, 6) is 0. The Morgan fingerprint density at radius 2 is 2.50 bits per heavy atom. The molecule has 3 rings (SSSR count). The Morgan fingerprint density at radius 1 is 1.60 bits per heavy atom. The van der Waals surface area contributed by atoms with Crippen molar-refractivity contribution < 1.29 is 9.47 Å². The van der Waals surface area contributed by atoms with Crippen molar-refractivity contribution in [2.45, 2.75) is 44.6 Å². The van der Waals surface area contributed by atoms with Gasteiger partial charge >= 0.3 is 0 Å². The van der Waals surface area contributed by atoms with E-state index in [1.165, 1.54) is 4.88 Å². The number of fused-ring (bicyclic) bond motifs is 1. The SMILES string of the molecule is C=CCO[C@@H]1CC[C@@H]2[C@H]1OCCN2Cc1scnc1C. The zero-order valence-electron chi connectivity index (χ0n) is 12.0. The summed E-state index contributed by atoms with van der Waals surface area (Å²) >= 11 is 1.75. The summed E-state index contributed by atoms with van der Waals surface area (Å²) in [7, 11) is 0. The number of hydrogen-bond donors (Lipinski definition) is 0. The summed E-state index contributed by atoms with van der Waals surface area (Å²) in [5.41, 5.74) is 3.10. The number of nitrogens with zero attached hydrogens (tertiary/aromatic N) is 2. The maximum Gasteiger partial charge on any atom is 0.0992 e. The monoisotopic (exact) mass is 294 g/mol. The molecule has 2 fully saturated rings. The molecule has 2 aliphatic rings. The summed E-state index contributed by atoms with van der Waals surface area (Å²) in [4.78, 5) is 8.27. The molecule has 1 aliphatic carbocycles. The fourth-order valence-corrected chi connectivity index (χ4v) is 4.02. The van der Waals surface area contributed by atoms with Crippen LogP contribution in [0.4, 0.5) is 0 Å². The van der Waals surface area contributed by atoms with Crippen LogP contribution in [0, 0.1) is 6.92 Å². The predicted molar refractivity (Wildman–Crippen MR) is 80.0 cm³/mol. The average Bonchev–Trinajstić information content (AvgIpc) is 3.04. The van der Waals surface area contributed by atoms with Crippen LogP contribution >= 0.6 is 11.3 Å². The molecule has 0 amide bonds. The summed E-state index contributed by atoms with van der Waals surface area (Å²) in [5, 5.41) is 0. The Kier molecular flexibility index (Phi) is 4.51. The van der Waals surface area contributed by atoms with Crippen LogP contribution in [-0.2, 0) is 16.0 Å². The van der Waals surface area contributed by atoms with Crippen molar-refractivity contribution in [2.75, 3.05) is 19.8 Å². The van der Waals surface area contributed by atoms with Gasteiger partial charge in [-0.1, -0.05) is 6.08 Å². The third kappa shape index (κ3) is 2.81. The Bertz CT molecular complexity index is 462. The minimum atomic E-state index is 0.219. The van der Waals surface area contributed by atoms with E-state index in [4.69, 9.17) is 9.47 Å². The smallest absolute Gasteiger partial charge is 0.0992 e. The number of aromatic nitrogens is 1. The van der Waals surface area contributed by atoms with Crippen molar-refractivity contribution in [1.82, 2.24) is 9.88 Å². The molecule has 0 aromatic carbocycles. The molecule has 1 aromatic rings. The molecule has 0 radical (unpaired) electrons. The van der Waals surface area contributed by atoms with E-state index < -0.39 is 0 Å². The summed E-state index contributed by atoms with van der Waals surface area (Å²) in [6.07, 6.45) is 4.50. The molecule has 0 N–H and O–H groups in total. The number of ether oxygens (including phenoxy) is 2. The lowest BCUT2D eigenvalue weighted by atomic mass is 10.1. The highest BCUT2D eigenvalue weighted by Gasteiger charge is 2.43. The van der Waals surface area contributed by atoms with Gasteiger partial charge in [-0.2, -0.15) is 0 Å². The minimum Gasteiger partial charge on any atom is -0.373 e. The highest BCUT2D eigenvalue weighted by Crippen LogP contribution is 2.33. The van der Waals surface area contributed by atoms with Gasteiger partial charge in [0, 0.05) is 24.0 Å². The van der Waals surface area contributed by atoms with E-state index in [2.05, 4.69) is 23.4 Å². The first-order valence-electron chi connectivity index (χ1n) is 7.26. The van der Waals surface area contributed by atoms with Gasteiger partial charge in [-0.25, -0.2) is 4.98 Å². The molecule has 110 valence electrons. The van der Waals surface area contributed by atoms with Crippen LogP contribution in [0.2, 0.25) is 0 Å². The molecule has 0 bridgehead atoms. The minimum absolute atomic E-state index is 0.219. The van der Waals surface area contributed by atoms with Crippen LogP contribution < -0.4 is 0 Å². The van der Waals surface area contributed by atoms with Gasteiger partial charge in [0.1, 0.15) is 0 Å². The maximum absolute atomic E-state index is 5.98. The van der Waals surface area contributed by atoms with Crippen LogP contribution in [0.1, 0.15) is 23.4 Å². The fourth-order valence-electron chi connectivity index (χ4n) is 3.22. The standard InChI is InChI=1S/C15H22N2O2S/c1-3-7-18-13-5-4-12-15(13)19-8-6-17(12)9-14-11(2)16-10-20-14/h3,10,12-13,15H,1,4-9H2,2H3/t12-,13-,15-/m1/s1. The van der Waals surface area contributed by atoms with Gasteiger partial charge in [0.25, 0.3) is 0 Å². The van der Waals surface area contributed by atoms with Gasteiger partial charge in [0.2, 0.25) is 0 Å². The molecular formula is C15H22N2O2S. The second-order valence-corrected chi connectivity index (χ2v) is 6.41. The Balaban J connectivity index is 1.65. The third-order valence-electron chi connectivity index (χ3n) is 4.27. The van der Waals surface area contributed by atoms with E-state index in [9.17, 15) is 0 Å². The molecule has 2 heterocycles. The Morgan fingerprint density at radius 3 is 3.25 bits per heavy atom. The quantitative estimate of drug-likeness (QED) is 0.781. The molecule has 0 unspecified atom stereocenters. The van der Waals surface area contributed by atoms with Gasteiger partial charge in [-0.15, -0.1) is 17.9 Å². The second-order valence-electron chi connectivity index (χ2n) is 5.47. The molecule has 1 saturated carbocycles. The van der Waals surface area contributed by atoms with Gasteiger partial charge in [-0.05, 0) is 19.8 Å². The lowest BCUT2D eigenvalue weighted by Gasteiger charge is -2.38. The molecule has 4 nitrogen and oxygen atoms in total. The zero-order valence-corrected chi connectivity index (χ0v) is 12.8. The summed E-state index contributed by atoms with van der Waals surface area (Å²) in [6.45, 7) is 9.23. The van der Waals surface area contributed by atoms with Crippen molar-refractivity contribution in [3.05, 3.63) is 28.7 Å². The van der Waals surface area contributed by atoms with Crippen LogP contribution in [0.15, 0.2) is 18.2 Å². The highest BCUT2D eigenvalue weighted by molar-refractivity contribution is 7.09. The van der Waals surface area contributed by atoms with E-state index in [1.807, 2.05) is 11.6 Å². The van der Waals surface area contributed by atoms with Crippen molar-refractivity contribution in [3.63, 3.8) is 0 Å².